The van der Waals surface area contributed by atoms with Gasteiger partial charge in [0.25, 0.3) is 0 Å². The summed E-state index contributed by atoms with van der Waals surface area (Å²) < 4.78 is 0. The molecule has 1 nitrogen and oxygen atoms in total. The molecular weight excluding hydrogens is 170 g/mol. The highest BCUT2D eigenvalue weighted by Crippen LogP contribution is 2.31. The van der Waals surface area contributed by atoms with Crippen molar-refractivity contribution < 1.29 is 0 Å². The van der Waals surface area contributed by atoms with Gasteiger partial charge in [-0.15, -0.1) is 0 Å². The van der Waals surface area contributed by atoms with Gasteiger partial charge in [0.05, 0.1) is 0 Å². The van der Waals surface area contributed by atoms with Crippen LogP contribution in [-0.4, -0.2) is 11.4 Å². The Morgan fingerprint density at radius 1 is 1.14 bits per heavy atom. The van der Waals surface area contributed by atoms with Crippen molar-refractivity contribution in [3.63, 3.8) is 0 Å². The largest absolute Gasteiger partial charge is 0.348 e. The zero-order valence-corrected chi connectivity index (χ0v) is 8.11. The molecule has 14 heavy (non-hydrogen) atoms. The Balaban J connectivity index is 2.17. The van der Waals surface area contributed by atoms with Crippen LogP contribution in [0.5, 0.6) is 0 Å². The highest BCUT2D eigenvalue weighted by Gasteiger charge is 2.17. The first kappa shape index (κ1) is 7.86. The van der Waals surface area contributed by atoms with Crippen molar-refractivity contribution >= 4 is 11.8 Å². The molecule has 70 valence electrons. The first-order valence-corrected chi connectivity index (χ1v) is 5.19. The molecule has 0 aromatic heterocycles. The SMILES string of the molecule is C1=CN2CCCC=C2c2ccccc21. The zero-order valence-electron chi connectivity index (χ0n) is 8.11. The maximum atomic E-state index is 2.35. The molecule has 0 unspecified atom stereocenters. The lowest BCUT2D eigenvalue weighted by molar-refractivity contribution is 0.491. The van der Waals surface area contributed by atoms with E-state index in [4.69, 9.17) is 0 Å². The lowest BCUT2D eigenvalue weighted by Gasteiger charge is -2.31. The lowest BCUT2D eigenvalue weighted by Crippen LogP contribution is -2.22. The molecule has 2 aliphatic rings. The molecule has 1 heteroatoms. The average molecular weight is 183 g/mol. The van der Waals surface area contributed by atoms with Crippen LogP contribution in [0.1, 0.15) is 24.0 Å². The van der Waals surface area contributed by atoms with Gasteiger partial charge >= 0.3 is 0 Å². The summed E-state index contributed by atoms with van der Waals surface area (Å²) in [6.45, 7) is 1.16. The van der Waals surface area contributed by atoms with Crippen LogP contribution in [0.3, 0.4) is 0 Å². The van der Waals surface area contributed by atoms with Crippen LogP contribution in [0.15, 0.2) is 36.5 Å². The molecule has 0 saturated heterocycles. The zero-order chi connectivity index (χ0) is 9.38. The Labute approximate surface area is 84.4 Å². The minimum absolute atomic E-state index is 1.16. The molecule has 0 fully saturated rings. The molecule has 0 radical (unpaired) electrons. The van der Waals surface area contributed by atoms with Crippen LogP contribution in [-0.2, 0) is 0 Å². The molecule has 3 rings (SSSR count). The van der Waals surface area contributed by atoms with E-state index in [1.54, 1.807) is 0 Å². The van der Waals surface area contributed by atoms with Crippen molar-refractivity contribution in [2.75, 3.05) is 6.54 Å². The second-order valence-electron chi connectivity index (χ2n) is 3.83. The first-order valence-electron chi connectivity index (χ1n) is 5.19. The number of benzene rings is 1. The van der Waals surface area contributed by atoms with E-state index in [1.807, 2.05) is 0 Å². The van der Waals surface area contributed by atoms with E-state index in [-0.39, 0.29) is 0 Å². The number of hydrogen-bond donors (Lipinski definition) is 0. The van der Waals surface area contributed by atoms with E-state index in [2.05, 4.69) is 47.5 Å². The molecule has 0 atom stereocenters. The van der Waals surface area contributed by atoms with Crippen molar-refractivity contribution in [1.29, 1.82) is 0 Å². The third-order valence-corrected chi connectivity index (χ3v) is 2.92. The van der Waals surface area contributed by atoms with Crippen molar-refractivity contribution in [2.24, 2.45) is 0 Å². The topological polar surface area (TPSA) is 3.24 Å². The summed E-state index contributed by atoms with van der Waals surface area (Å²) in [6.07, 6.45) is 9.25. The molecule has 0 saturated carbocycles. The number of nitrogens with zero attached hydrogens (tertiary/aromatic N) is 1. The van der Waals surface area contributed by atoms with Gasteiger partial charge in [-0.05, 0) is 24.5 Å². The van der Waals surface area contributed by atoms with Crippen molar-refractivity contribution in [2.45, 2.75) is 12.8 Å². The van der Waals surface area contributed by atoms with Gasteiger partial charge < -0.3 is 4.90 Å². The highest BCUT2D eigenvalue weighted by atomic mass is 15.1. The van der Waals surface area contributed by atoms with E-state index in [0.717, 1.165) is 6.54 Å². The number of allylic oxidation sites excluding steroid dienone is 1. The third kappa shape index (κ3) is 1.09. The summed E-state index contributed by atoms with van der Waals surface area (Å²) in [6, 6.07) is 8.61. The summed E-state index contributed by atoms with van der Waals surface area (Å²) in [7, 11) is 0. The van der Waals surface area contributed by atoms with Crippen molar-refractivity contribution in [1.82, 2.24) is 4.90 Å². The maximum Gasteiger partial charge on any atom is 0.0445 e. The number of rotatable bonds is 0. The van der Waals surface area contributed by atoms with E-state index in [9.17, 15) is 0 Å². The van der Waals surface area contributed by atoms with Crippen LogP contribution in [0, 0.1) is 0 Å². The summed E-state index contributed by atoms with van der Waals surface area (Å²) in [5.74, 6) is 0. The molecule has 0 spiro atoms. The Bertz CT molecular complexity index is 415. The molecule has 0 aliphatic carbocycles. The van der Waals surface area contributed by atoms with Gasteiger partial charge in [-0.2, -0.15) is 0 Å². The van der Waals surface area contributed by atoms with Crippen LogP contribution in [0.2, 0.25) is 0 Å². The average Bonchev–Trinajstić information content (AvgIpc) is 2.29. The summed E-state index contributed by atoms with van der Waals surface area (Å²) >= 11 is 0. The predicted molar refractivity (Wildman–Crippen MR) is 59.4 cm³/mol. The molecule has 0 amide bonds. The molecule has 1 aromatic carbocycles. The highest BCUT2D eigenvalue weighted by molar-refractivity contribution is 5.77. The Kier molecular flexibility index (Phi) is 1.69. The minimum Gasteiger partial charge on any atom is -0.348 e. The maximum absolute atomic E-state index is 2.35. The predicted octanol–water partition coefficient (Wildman–Crippen LogP) is 3.11. The van der Waals surface area contributed by atoms with Crippen LogP contribution in [0.4, 0.5) is 0 Å². The molecule has 0 bridgehead atoms. The summed E-state index contributed by atoms with van der Waals surface area (Å²) in [5, 5.41) is 0. The minimum atomic E-state index is 1.16. The van der Waals surface area contributed by atoms with Crippen molar-refractivity contribution in [3.8, 4) is 0 Å². The Morgan fingerprint density at radius 3 is 3.07 bits per heavy atom. The van der Waals surface area contributed by atoms with Crippen LogP contribution >= 0.6 is 0 Å². The van der Waals surface area contributed by atoms with Gasteiger partial charge in [-0.3, -0.25) is 0 Å². The smallest absolute Gasteiger partial charge is 0.0445 e. The molecule has 1 aromatic rings. The molecule has 0 N–H and O–H groups in total. The van der Waals surface area contributed by atoms with E-state index in [0.29, 0.717) is 0 Å². The standard InChI is InChI=1S/C13H13N/c1-2-6-12-11(5-1)8-10-14-9-4-3-7-13(12)14/h1-2,5-8,10H,3-4,9H2. The monoisotopic (exact) mass is 183 g/mol. The second kappa shape index (κ2) is 3.02. The van der Waals surface area contributed by atoms with Crippen LogP contribution in [0.25, 0.3) is 11.8 Å². The van der Waals surface area contributed by atoms with Gasteiger partial charge in [-0.1, -0.05) is 30.3 Å². The third-order valence-electron chi connectivity index (χ3n) is 2.92. The summed E-state index contributed by atoms with van der Waals surface area (Å²) in [5.41, 5.74) is 4.13. The quantitative estimate of drug-likeness (QED) is 0.597. The summed E-state index contributed by atoms with van der Waals surface area (Å²) in [4.78, 5) is 2.35. The molecular formula is C13H13N. The fraction of sp³-hybridized carbons (Fsp3) is 0.231. The molecule has 2 aliphatic heterocycles. The Hall–Kier alpha value is -1.50. The fourth-order valence-electron chi connectivity index (χ4n) is 2.20. The number of fused-ring (bicyclic) bond motifs is 3. The van der Waals surface area contributed by atoms with Crippen LogP contribution < -0.4 is 0 Å². The number of hydrogen-bond acceptors (Lipinski definition) is 1. The first-order chi connectivity index (χ1) is 6.95. The fourth-order valence-corrected chi connectivity index (χ4v) is 2.20. The second-order valence-corrected chi connectivity index (χ2v) is 3.83. The molecule has 2 heterocycles. The normalized spacial score (nSPS) is 18.6. The van der Waals surface area contributed by atoms with Gasteiger partial charge in [0, 0.05) is 24.0 Å². The van der Waals surface area contributed by atoms with Gasteiger partial charge in [0.15, 0.2) is 0 Å². The van der Waals surface area contributed by atoms with E-state index >= 15 is 0 Å². The van der Waals surface area contributed by atoms with Gasteiger partial charge in [-0.25, -0.2) is 0 Å². The van der Waals surface area contributed by atoms with Gasteiger partial charge in [0.1, 0.15) is 0 Å². The Morgan fingerprint density at radius 2 is 2.07 bits per heavy atom. The van der Waals surface area contributed by atoms with E-state index in [1.165, 1.54) is 29.7 Å². The van der Waals surface area contributed by atoms with Gasteiger partial charge in [0.2, 0.25) is 0 Å². The lowest BCUT2D eigenvalue weighted by atomic mass is 9.97. The van der Waals surface area contributed by atoms with Crippen molar-refractivity contribution in [3.05, 3.63) is 47.7 Å². The van der Waals surface area contributed by atoms with E-state index < -0.39 is 0 Å².